The number of anilines is 1. The molecule has 1 unspecified atom stereocenters. The fourth-order valence-electron chi connectivity index (χ4n) is 4.47. The number of hydrogen-bond acceptors (Lipinski definition) is 8. The summed E-state index contributed by atoms with van der Waals surface area (Å²) in [4.78, 5) is 30.5. The Kier molecular flexibility index (Phi) is 7.19. The number of likely N-dealkylation sites (tertiary alicyclic amines) is 1. The number of carbonyl (C=O) groups excluding carboxylic acids is 1. The maximum Gasteiger partial charge on any atom is 0.325 e. The van der Waals surface area contributed by atoms with Gasteiger partial charge in [0.25, 0.3) is 0 Å². The highest BCUT2D eigenvalue weighted by molar-refractivity contribution is 5.76. The van der Waals surface area contributed by atoms with Crippen LogP contribution < -0.4 is 9.64 Å². The zero-order valence-corrected chi connectivity index (χ0v) is 19.3. The molecule has 2 aromatic heterocycles. The summed E-state index contributed by atoms with van der Waals surface area (Å²) in [6.07, 6.45) is 6.10. The number of aromatic nitrogens is 3. The molecule has 0 bridgehead atoms. The molecule has 172 valence electrons. The molecule has 0 amide bonds. The standard InChI is InChI=1S/C24H33N5O3/c1-4-31-22(30)16-28(3)24-19-13-17(2)14-20(19)26-23(27-24)21-15-18(7-8-25-21)32-12-11-29-9-5-6-10-29/h7-8,15,17H,4-6,9-14,16H2,1-3H3. The smallest absolute Gasteiger partial charge is 0.325 e. The van der Waals surface area contributed by atoms with E-state index in [-0.39, 0.29) is 12.5 Å². The highest BCUT2D eigenvalue weighted by atomic mass is 16.5. The van der Waals surface area contributed by atoms with E-state index in [4.69, 9.17) is 19.4 Å². The number of nitrogens with zero attached hydrogens (tertiary/aromatic N) is 5. The summed E-state index contributed by atoms with van der Waals surface area (Å²) in [6, 6.07) is 3.77. The molecule has 0 radical (unpaired) electrons. The predicted octanol–water partition coefficient (Wildman–Crippen LogP) is 2.75. The summed E-state index contributed by atoms with van der Waals surface area (Å²) >= 11 is 0. The highest BCUT2D eigenvalue weighted by Gasteiger charge is 2.27. The second-order valence-electron chi connectivity index (χ2n) is 8.74. The largest absolute Gasteiger partial charge is 0.492 e. The molecule has 1 fully saturated rings. The van der Waals surface area contributed by atoms with Crippen molar-refractivity contribution in [2.45, 2.75) is 39.5 Å². The van der Waals surface area contributed by atoms with Crippen LogP contribution in [-0.2, 0) is 22.4 Å². The quantitative estimate of drug-likeness (QED) is 0.552. The first kappa shape index (κ1) is 22.5. The summed E-state index contributed by atoms with van der Waals surface area (Å²) in [5.41, 5.74) is 2.83. The first-order valence-electron chi connectivity index (χ1n) is 11.6. The van der Waals surface area contributed by atoms with E-state index >= 15 is 0 Å². The van der Waals surface area contributed by atoms with Gasteiger partial charge >= 0.3 is 5.97 Å². The summed E-state index contributed by atoms with van der Waals surface area (Å²) in [5, 5.41) is 0. The van der Waals surface area contributed by atoms with Crippen LogP contribution in [0.3, 0.4) is 0 Å². The minimum Gasteiger partial charge on any atom is -0.492 e. The molecule has 1 atom stereocenters. The number of carbonyl (C=O) groups is 1. The molecule has 0 saturated carbocycles. The van der Waals surface area contributed by atoms with Gasteiger partial charge in [-0.25, -0.2) is 9.97 Å². The van der Waals surface area contributed by atoms with Gasteiger partial charge in [0.15, 0.2) is 5.82 Å². The van der Waals surface area contributed by atoms with Gasteiger partial charge < -0.3 is 14.4 Å². The van der Waals surface area contributed by atoms with Crippen LogP contribution >= 0.6 is 0 Å². The van der Waals surface area contributed by atoms with Crippen molar-refractivity contribution in [1.82, 2.24) is 19.9 Å². The third-order valence-electron chi connectivity index (χ3n) is 6.03. The van der Waals surface area contributed by atoms with Gasteiger partial charge in [0.2, 0.25) is 0 Å². The van der Waals surface area contributed by atoms with Gasteiger partial charge in [0.05, 0.1) is 12.3 Å². The lowest BCUT2D eigenvalue weighted by molar-refractivity contribution is -0.141. The molecule has 1 aliphatic carbocycles. The van der Waals surface area contributed by atoms with E-state index in [9.17, 15) is 4.79 Å². The van der Waals surface area contributed by atoms with Crippen LogP contribution in [-0.4, -0.2) is 72.3 Å². The Balaban J connectivity index is 1.54. The number of hydrogen-bond donors (Lipinski definition) is 0. The van der Waals surface area contributed by atoms with Crippen molar-refractivity contribution >= 4 is 11.8 Å². The van der Waals surface area contributed by atoms with Crippen LogP contribution in [0.1, 0.15) is 37.9 Å². The molecule has 32 heavy (non-hydrogen) atoms. The van der Waals surface area contributed by atoms with Crippen LogP contribution in [0.5, 0.6) is 5.75 Å². The first-order chi connectivity index (χ1) is 15.5. The number of esters is 1. The molecule has 0 aromatic carbocycles. The Labute approximate surface area is 190 Å². The van der Waals surface area contributed by atoms with Gasteiger partial charge in [0.1, 0.15) is 30.4 Å². The maximum absolute atomic E-state index is 12.0. The van der Waals surface area contributed by atoms with Gasteiger partial charge in [-0.1, -0.05) is 6.92 Å². The molecule has 2 aromatic rings. The average Bonchev–Trinajstić information content (AvgIpc) is 3.42. The monoisotopic (exact) mass is 439 g/mol. The van der Waals surface area contributed by atoms with Crippen LogP contribution in [0.25, 0.3) is 11.5 Å². The number of fused-ring (bicyclic) bond motifs is 1. The lowest BCUT2D eigenvalue weighted by atomic mass is 10.1. The van der Waals surface area contributed by atoms with Crippen molar-refractivity contribution in [3.8, 4) is 17.3 Å². The van der Waals surface area contributed by atoms with E-state index < -0.39 is 0 Å². The minimum atomic E-state index is -0.263. The van der Waals surface area contributed by atoms with Crippen LogP contribution in [0.4, 0.5) is 5.82 Å². The summed E-state index contributed by atoms with van der Waals surface area (Å²) < 4.78 is 11.1. The third-order valence-corrected chi connectivity index (χ3v) is 6.03. The van der Waals surface area contributed by atoms with Crippen molar-refractivity contribution in [3.63, 3.8) is 0 Å². The normalized spacial score (nSPS) is 17.9. The maximum atomic E-state index is 12.0. The minimum absolute atomic E-state index is 0.151. The Hall–Kier alpha value is -2.74. The zero-order valence-electron chi connectivity index (χ0n) is 19.3. The van der Waals surface area contributed by atoms with Crippen molar-refractivity contribution in [1.29, 1.82) is 0 Å². The highest BCUT2D eigenvalue weighted by Crippen LogP contribution is 2.33. The molecule has 0 N–H and O–H groups in total. The summed E-state index contributed by atoms with van der Waals surface area (Å²) in [7, 11) is 1.87. The molecular weight excluding hydrogens is 406 g/mol. The summed E-state index contributed by atoms with van der Waals surface area (Å²) in [5.74, 6) is 2.35. The van der Waals surface area contributed by atoms with Crippen molar-refractivity contribution < 1.29 is 14.3 Å². The molecule has 2 aliphatic rings. The second kappa shape index (κ2) is 10.3. The van der Waals surface area contributed by atoms with Gasteiger partial charge in [-0.3, -0.25) is 14.7 Å². The Morgan fingerprint density at radius 3 is 2.84 bits per heavy atom. The topological polar surface area (TPSA) is 80.7 Å². The fraction of sp³-hybridized carbons (Fsp3) is 0.583. The van der Waals surface area contributed by atoms with E-state index in [0.717, 1.165) is 55.3 Å². The Morgan fingerprint density at radius 1 is 1.25 bits per heavy atom. The molecule has 1 aliphatic heterocycles. The van der Waals surface area contributed by atoms with Crippen molar-refractivity contribution in [2.75, 3.05) is 51.3 Å². The first-order valence-corrected chi connectivity index (χ1v) is 11.6. The molecule has 0 spiro atoms. The van der Waals surface area contributed by atoms with E-state index in [1.807, 2.05) is 31.0 Å². The molecule has 4 rings (SSSR count). The number of likely N-dealkylation sites (N-methyl/N-ethyl adjacent to an activating group) is 1. The SMILES string of the molecule is CCOC(=O)CN(C)c1nc(-c2cc(OCCN3CCCC3)ccn2)nc2c1CC(C)C2. The van der Waals surface area contributed by atoms with E-state index in [0.29, 0.717) is 30.7 Å². The van der Waals surface area contributed by atoms with Gasteiger partial charge in [0, 0.05) is 31.4 Å². The molecule has 1 saturated heterocycles. The molecule has 8 heteroatoms. The fourth-order valence-corrected chi connectivity index (χ4v) is 4.47. The Bertz CT molecular complexity index is 945. The predicted molar refractivity (Wildman–Crippen MR) is 123 cm³/mol. The Morgan fingerprint density at radius 2 is 2.06 bits per heavy atom. The van der Waals surface area contributed by atoms with E-state index in [2.05, 4.69) is 16.8 Å². The van der Waals surface area contributed by atoms with Crippen LogP contribution in [0, 0.1) is 5.92 Å². The van der Waals surface area contributed by atoms with Gasteiger partial charge in [-0.2, -0.15) is 0 Å². The lowest BCUT2D eigenvalue weighted by Gasteiger charge is -2.21. The van der Waals surface area contributed by atoms with E-state index in [1.165, 1.54) is 12.8 Å². The average molecular weight is 440 g/mol. The van der Waals surface area contributed by atoms with E-state index in [1.54, 1.807) is 6.20 Å². The van der Waals surface area contributed by atoms with Crippen molar-refractivity contribution in [3.05, 3.63) is 29.6 Å². The number of ether oxygens (including phenoxy) is 2. The number of rotatable bonds is 9. The van der Waals surface area contributed by atoms with Crippen molar-refractivity contribution in [2.24, 2.45) is 5.92 Å². The molecule has 8 nitrogen and oxygen atoms in total. The zero-order chi connectivity index (χ0) is 22.5. The van der Waals surface area contributed by atoms with Crippen LogP contribution in [0.15, 0.2) is 18.3 Å². The third kappa shape index (κ3) is 5.35. The second-order valence-corrected chi connectivity index (χ2v) is 8.74. The summed E-state index contributed by atoms with van der Waals surface area (Å²) in [6.45, 7) is 8.45. The molecular formula is C24H33N5O3. The molecule has 3 heterocycles. The van der Waals surface area contributed by atoms with Gasteiger partial charge in [-0.05, 0) is 57.7 Å². The van der Waals surface area contributed by atoms with Crippen LogP contribution in [0.2, 0.25) is 0 Å². The number of pyridine rings is 1. The van der Waals surface area contributed by atoms with Gasteiger partial charge in [-0.15, -0.1) is 0 Å². The lowest BCUT2D eigenvalue weighted by Crippen LogP contribution is -2.29.